The van der Waals surface area contributed by atoms with E-state index in [0.717, 1.165) is 6.07 Å². The zero-order chi connectivity index (χ0) is 10.9. The molecule has 0 bridgehead atoms. The van der Waals surface area contributed by atoms with Crippen molar-refractivity contribution in [3.05, 3.63) is 22.3 Å². The number of rotatable bonds is 2. The molecule has 2 N–H and O–H groups in total. The number of nitrogens with zero attached hydrogens (tertiary/aromatic N) is 1. The predicted molar refractivity (Wildman–Crippen MR) is 48.8 cm³/mol. The van der Waals surface area contributed by atoms with Crippen molar-refractivity contribution in [2.24, 2.45) is 0 Å². The monoisotopic (exact) mass is 240 g/mol. The maximum absolute atomic E-state index is 12.3. The van der Waals surface area contributed by atoms with Crippen LogP contribution < -0.4 is 5.73 Å². The molecule has 14 heavy (non-hydrogen) atoms. The van der Waals surface area contributed by atoms with E-state index in [1.54, 1.807) is 0 Å². The van der Waals surface area contributed by atoms with Crippen LogP contribution in [0, 0.1) is 0 Å². The molecule has 0 amide bonds. The lowest BCUT2D eigenvalue weighted by molar-refractivity contribution is 0.107. The van der Waals surface area contributed by atoms with Crippen LogP contribution in [0.3, 0.4) is 0 Å². The molecule has 0 aromatic carbocycles. The molecule has 0 fully saturated rings. The van der Waals surface area contributed by atoms with Gasteiger partial charge in [-0.2, -0.15) is 0 Å². The molecule has 1 aromatic heterocycles. The highest BCUT2D eigenvalue weighted by molar-refractivity contribution is 6.68. The molecule has 1 aromatic rings. The Bertz CT molecular complexity index is 384. The van der Waals surface area contributed by atoms with E-state index in [1.807, 2.05) is 0 Å². The van der Waals surface area contributed by atoms with Crippen molar-refractivity contribution < 1.29 is 13.6 Å². The number of carbonyl (C=O) groups is 1. The van der Waals surface area contributed by atoms with Gasteiger partial charge in [-0.1, -0.05) is 11.6 Å². The van der Waals surface area contributed by atoms with Crippen molar-refractivity contribution in [2.45, 2.75) is 6.43 Å². The van der Waals surface area contributed by atoms with Gasteiger partial charge in [0.15, 0.2) is 0 Å². The highest BCUT2D eigenvalue weighted by Gasteiger charge is 2.20. The lowest BCUT2D eigenvalue weighted by Gasteiger charge is -2.06. The third-order valence-corrected chi connectivity index (χ3v) is 2.00. The molecule has 0 saturated carbocycles. The van der Waals surface area contributed by atoms with Crippen LogP contribution in [-0.2, 0) is 0 Å². The van der Waals surface area contributed by atoms with Gasteiger partial charge in [0.25, 0.3) is 11.7 Å². The molecular formula is C7H4Cl2F2N2O. The van der Waals surface area contributed by atoms with Crippen molar-refractivity contribution in [2.75, 3.05) is 5.73 Å². The smallest absolute Gasteiger partial charge is 0.272 e. The van der Waals surface area contributed by atoms with Crippen molar-refractivity contribution in [3.8, 4) is 0 Å². The summed E-state index contributed by atoms with van der Waals surface area (Å²) in [6.07, 6.45) is -2.83. The average molecular weight is 241 g/mol. The second-order valence-corrected chi connectivity index (χ2v) is 3.09. The Labute approximate surface area is 87.8 Å². The summed E-state index contributed by atoms with van der Waals surface area (Å²) in [7, 11) is 0. The highest BCUT2D eigenvalue weighted by atomic mass is 35.5. The molecule has 0 aliphatic carbocycles. The van der Waals surface area contributed by atoms with E-state index in [1.165, 1.54) is 0 Å². The van der Waals surface area contributed by atoms with Gasteiger partial charge < -0.3 is 5.73 Å². The van der Waals surface area contributed by atoms with Gasteiger partial charge in [0, 0.05) is 5.56 Å². The number of hydrogen-bond donors (Lipinski definition) is 1. The number of hydrogen-bond acceptors (Lipinski definition) is 3. The maximum Gasteiger partial charge on any atom is 0.272 e. The lowest BCUT2D eigenvalue weighted by atomic mass is 10.2. The quantitative estimate of drug-likeness (QED) is 0.809. The number of nitrogens with two attached hydrogens (primary N) is 1. The van der Waals surface area contributed by atoms with E-state index < -0.39 is 27.9 Å². The molecule has 1 heterocycles. The van der Waals surface area contributed by atoms with Crippen LogP contribution in [0.4, 0.5) is 14.6 Å². The second-order valence-electron chi connectivity index (χ2n) is 2.37. The van der Waals surface area contributed by atoms with E-state index in [0.29, 0.717) is 0 Å². The Kier molecular flexibility index (Phi) is 3.23. The van der Waals surface area contributed by atoms with Gasteiger partial charge in [-0.15, -0.1) is 0 Å². The number of nitrogen functional groups attached to an aromatic ring is 1. The summed E-state index contributed by atoms with van der Waals surface area (Å²) < 4.78 is 24.7. The number of halogens is 4. The fourth-order valence-electron chi connectivity index (χ4n) is 0.859. The number of alkyl halides is 2. The largest absolute Gasteiger partial charge is 0.384 e. The van der Waals surface area contributed by atoms with Crippen LogP contribution in [-0.4, -0.2) is 10.2 Å². The summed E-state index contributed by atoms with van der Waals surface area (Å²) >= 11 is 10.5. The molecular weight excluding hydrogens is 237 g/mol. The minimum absolute atomic E-state index is 0.228. The molecule has 7 heteroatoms. The van der Waals surface area contributed by atoms with Gasteiger partial charge in [0.1, 0.15) is 11.5 Å². The van der Waals surface area contributed by atoms with Crippen LogP contribution in [0.25, 0.3) is 0 Å². The zero-order valence-corrected chi connectivity index (χ0v) is 8.11. The minimum Gasteiger partial charge on any atom is -0.384 e. The Morgan fingerprint density at radius 1 is 1.57 bits per heavy atom. The topological polar surface area (TPSA) is 56.0 Å². The first-order valence-corrected chi connectivity index (χ1v) is 4.13. The summed E-state index contributed by atoms with van der Waals surface area (Å²) in [5.41, 5.74) is 4.18. The van der Waals surface area contributed by atoms with Gasteiger partial charge in [-0.05, 0) is 17.7 Å². The van der Waals surface area contributed by atoms with Crippen LogP contribution in [0.1, 0.15) is 22.5 Å². The van der Waals surface area contributed by atoms with Crippen LogP contribution in [0.15, 0.2) is 6.07 Å². The first kappa shape index (κ1) is 11.1. The van der Waals surface area contributed by atoms with Crippen molar-refractivity contribution in [1.82, 2.24) is 4.98 Å². The van der Waals surface area contributed by atoms with Crippen molar-refractivity contribution >= 4 is 34.3 Å². The van der Waals surface area contributed by atoms with Gasteiger partial charge in [-0.3, -0.25) is 4.79 Å². The summed E-state index contributed by atoms with van der Waals surface area (Å²) in [5, 5.41) is -1.49. The zero-order valence-electron chi connectivity index (χ0n) is 6.60. The molecule has 0 spiro atoms. The van der Waals surface area contributed by atoms with Crippen LogP contribution in [0.2, 0.25) is 5.02 Å². The first-order valence-electron chi connectivity index (χ1n) is 3.37. The van der Waals surface area contributed by atoms with E-state index in [2.05, 4.69) is 4.98 Å². The van der Waals surface area contributed by atoms with E-state index in [4.69, 9.17) is 28.9 Å². The third kappa shape index (κ3) is 2.10. The Morgan fingerprint density at radius 2 is 2.14 bits per heavy atom. The fourth-order valence-corrected chi connectivity index (χ4v) is 1.31. The van der Waals surface area contributed by atoms with E-state index >= 15 is 0 Å². The summed E-state index contributed by atoms with van der Waals surface area (Å²) in [6, 6.07) is 0.899. The molecule has 0 atom stereocenters. The lowest BCUT2D eigenvalue weighted by Crippen LogP contribution is -2.03. The standard InChI is InChI=1S/C7H4Cl2F2N2O/c8-4-2(7(10)11)1-3(12)13-5(4)6(9)14/h1,7H,(H2,12,13). The summed E-state index contributed by atoms with van der Waals surface area (Å²) in [4.78, 5) is 14.2. The second kappa shape index (κ2) is 4.06. The number of aromatic nitrogens is 1. The number of pyridine rings is 1. The molecule has 0 radical (unpaired) electrons. The predicted octanol–water partition coefficient (Wildman–Crippen LogP) is 2.63. The molecule has 0 aliphatic rings. The fraction of sp³-hybridized carbons (Fsp3) is 0.143. The Hall–Kier alpha value is -0.940. The molecule has 0 aliphatic heterocycles. The highest BCUT2D eigenvalue weighted by Crippen LogP contribution is 2.30. The summed E-state index contributed by atoms with van der Waals surface area (Å²) in [6.45, 7) is 0. The van der Waals surface area contributed by atoms with E-state index in [-0.39, 0.29) is 5.82 Å². The minimum atomic E-state index is -2.83. The van der Waals surface area contributed by atoms with Gasteiger partial charge in [-0.25, -0.2) is 13.8 Å². The van der Waals surface area contributed by atoms with Gasteiger partial charge in [0.2, 0.25) is 0 Å². The van der Waals surface area contributed by atoms with Crippen molar-refractivity contribution in [1.29, 1.82) is 0 Å². The van der Waals surface area contributed by atoms with Gasteiger partial charge in [0.05, 0.1) is 5.02 Å². The average Bonchev–Trinajstić information content (AvgIpc) is 2.07. The van der Waals surface area contributed by atoms with E-state index in [9.17, 15) is 13.6 Å². The maximum atomic E-state index is 12.3. The van der Waals surface area contributed by atoms with Crippen LogP contribution >= 0.6 is 23.2 Å². The Morgan fingerprint density at radius 3 is 2.57 bits per heavy atom. The SMILES string of the molecule is Nc1cc(C(F)F)c(Cl)c(C(=O)Cl)n1. The molecule has 1 rings (SSSR count). The van der Waals surface area contributed by atoms with Gasteiger partial charge >= 0.3 is 0 Å². The molecule has 0 unspecified atom stereocenters. The Balaban J connectivity index is 3.40. The first-order chi connectivity index (χ1) is 6.43. The van der Waals surface area contributed by atoms with Crippen molar-refractivity contribution in [3.63, 3.8) is 0 Å². The normalized spacial score (nSPS) is 10.6. The summed E-state index contributed by atoms with van der Waals surface area (Å²) in [5.74, 6) is -0.228. The molecule has 0 saturated heterocycles. The number of carbonyl (C=O) groups excluding carboxylic acids is 1. The third-order valence-electron chi connectivity index (χ3n) is 1.43. The molecule has 76 valence electrons. The molecule has 3 nitrogen and oxygen atoms in total. The number of anilines is 1. The van der Waals surface area contributed by atoms with Crippen LogP contribution in [0.5, 0.6) is 0 Å².